The summed E-state index contributed by atoms with van der Waals surface area (Å²) in [6.45, 7) is 16.2. The van der Waals surface area contributed by atoms with E-state index in [-0.39, 0.29) is 0 Å². The van der Waals surface area contributed by atoms with Gasteiger partial charge in [-0.15, -0.1) is 0 Å². The quantitative estimate of drug-likeness (QED) is 0.338. The molecule has 0 fully saturated rings. The van der Waals surface area contributed by atoms with Gasteiger partial charge in [-0.3, -0.25) is 9.48 Å². The first-order valence-electron chi connectivity index (χ1n) is 7.60. The average Bonchev–Trinajstić information content (AvgIpc) is 2.31. The number of hydrogen-bond donors (Lipinski definition) is 0. The molecule has 0 aliphatic rings. The number of nitrogens with zero attached hydrogens (tertiary/aromatic N) is 2. The smallest absolute Gasteiger partial charge is 0.246 e. The van der Waals surface area contributed by atoms with Gasteiger partial charge < -0.3 is 0 Å². The van der Waals surface area contributed by atoms with Crippen LogP contribution in [0, 0.1) is 0 Å². The van der Waals surface area contributed by atoms with Crippen LogP contribution in [0.2, 0.25) is 0 Å². The summed E-state index contributed by atoms with van der Waals surface area (Å²) < 4.78 is 2.60. The molecule has 0 radical (unpaired) electrons. The van der Waals surface area contributed by atoms with Gasteiger partial charge in [-0.25, -0.2) is 0 Å². The first-order chi connectivity index (χ1) is 8.24. The Kier molecular flexibility index (Phi) is 10.3. The summed E-state index contributed by atoms with van der Waals surface area (Å²) in [4.78, 5) is 2.60. The summed E-state index contributed by atoms with van der Waals surface area (Å²) in [5.41, 5.74) is 0. The molecule has 0 bridgehead atoms. The van der Waals surface area contributed by atoms with Crippen molar-refractivity contribution in [3.8, 4) is 0 Å². The van der Waals surface area contributed by atoms with Crippen LogP contribution in [0.4, 0.5) is 0 Å². The highest BCUT2D eigenvalue weighted by Crippen LogP contribution is 2.02. The van der Waals surface area contributed by atoms with E-state index in [1.807, 2.05) is 0 Å². The standard InChI is InChI=1S/C15H33N2/c1-6-11-16(12-7-2)15(10-5)17(13-8-3)14-9-4/h6-14H2,1-5H3/q+1. The molecule has 17 heavy (non-hydrogen) atoms. The minimum Gasteiger partial charge on any atom is -0.266 e. The van der Waals surface area contributed by atoms with Crippen molar-refractivity contribution in [3.63, 3.8) is 0 Å². The van der Waals surface area contributed by atoms with Gasteiger partial charge in [0.15, 0.2) is 0 Å². The van der Waals surface area contributed by atoms with Crippen LogP contribution in [0.15, 0.2) is 0 Å². The molecule has 0 atom stereocenters. The maximum Gasteiger partial charge on any atom is 0.246 e. The van der Waals surface area contributed by atoms with E-state index in [1.54, 1.807) is 5.84 Å². The fourth-order valence-electron chi connectivity index (χ4n) is 2.47. The fourth-order valence-corrected chi connectivity index (χ4v) is 2.47. The zero-order chi connectivity index (χ0) is 13.1. The molecule has 2 nitrogen and oxygen atoms in total. The molecule has 0 N–H and O–H groups in total. The third kappa shape index (κ3) is 6.09. The summed E-state index contributed by atoms with van der Waals surface area (Å²) in [6.07, 6.45) is 6.15. The van der Waals surface area contributed by atoms with Crippen LogP contribution < -0.4 is 0 Å². The van der Waals surface area contributed by atoms with E-state index in [0.717, 1.165) is 0 Å². The molecule has 0 spiro atoms. The van der Waals surface area contributed by atoms with E-state index < -0.39 is 0 Å². The molecule has 0 heterocycles. The highest BCUT2D eigenvalue weighted by atomic mass is 15.2. The normalized spacial score (nSPS) is 10.4. The zero-order valence-corrected chi connectivity index (χ0v) is 12.8. The van der Waals surface area contributed by atoms with Gasteiger partial charge in [0.05, 0.1) is 26.2 Å². The van der Waals surface area contributed by atoms with Crippen molar-refractivity contribution in [2.45, 2.75) is 66.7 Å². The molecule has 102 valence electrons. The predicted molar refractivity (Wildman–Crippen MR) is 78.0 cm³/mol. The topological polar surface area (TPSA) is 6.25 Å². The Hall–Kier alpha value is -0.530. The van der Waals surface area contributed by atoms with E-state index in [2.05, 4.69) is 44.1 Å². The van der Waals surface area contributed by atoms with Crippen molar-refractivity contribution >= 4 is 5.84 Å². The van der Waals surface area contributed by atoms with E-state index >= 15 is 0 Å². The van der Waals surface area contributed by atoms with Gasteiger partial charge in [0.25, 0.3) is 0 Å². The van der Waals surface area contributed by atoms with Crippen molar-refractivity contribution in [1.29, 1.82) is 0 Å². The Balaban J connectivity index is 4.93. The number of hydrogen-bond acceptors (Lipinski definition) is 0. The SMILES string of the molecule is CCCN(CCC)C(CC)=[N+](CCC)CCC. The Morgan fingerprint density at radius 3 is 1.53 bits per heavy atom. The van der Waals surface area contributed by atoms with Gasteiger partial charge in [-0.05, 0) is 25.7 Å². The molecule has 0 aliphatic carbocycles. The highest BCUT2D eigenvalue weighted by molar-refractivity contribution is 5.77. The van der Waals surface area contributed by atoms with Crippen LogP contribution in [0.1, 0.15) is 66.7 Å². The first kappa shape index (κ1) is 16.5. The second-order valence-electron chi connectivity index (χ2n) is 4.74. The Morgan fingerprint density at radius 1 is 0.765 bits per heavy atom. The first-order valence-corrected chi connectivity index (χ1v) is 7.60. The molecule has 0 aromatic carbocycles. The lowest BCUT2D eigenvalue weighted by Gasteiger charge is -2.21. The van der Waals surface area contributed by atoms with Crippen LogP contribution in [0.3, 0.4) is 0 Å². The minimum absolute atomic E-state index is 1.17. The molecule has 2 heteroatoms. The third-order valence-electron chi connectivity index (χ3n) is 3.02. The molecule has 0 saturated heterocycles. The molecule has 0 unspecified atom stereocenters. The molecule has 0 aromatic heterocycles. The summed E-state index contributed by atoms with van der Waals surface area (Å²) in [5.74, 6) is 1.57. The van der Waals surface area contributed by atoms with Crippen LogP contribution in [0.5, 0.6) is 0 Å². The average molecular weight is 241 g/mol. The number of amidine groups is 1. The maximum absolute atomic E-state index is 2.60. The molecular weight excluding hydrogens is 208 g/mol. The summed E-state index contributed by atoms with van der Waals surface area (Å²) in [6, 6.07) is 0. The van der Waals surface area contributed by atoms with Crippen LogP contribution in [0.25, 0.3) is 0 Å². The third-order valence-corrected chi connectivity index (χ3v) is 3.02. The van der Waals surface area contributed by atoms with E-state index in [9.17, 15) is 0 Å². The largest absolute Gasteiger partial charge is 0.266 e. The van der Waals surface area contributed by atoms with Gasteiger partial charge in [-0.2, -0.15) is 0 Å². The van der Waals surface area contributed by atoms with Crippen LogP contribution >= 0.6 is 0 Å². The fraction of sp³-hybridized carbons (Fsp3) is 0.933. The molecule has 0 saturated carbocycles. The summed E-state index contributed by atoms with van der Waals surface area (Å²) in [5, 5.41) is 0. The Labute approximate surface area is 109 Å². The Morgan fingerprint density at radius 2 is 1.24 bits per heavy atom. The van der Waals surface area contributed by atoms with Crippen molar-refractivity contribution < 1.29 is 4.58 Å². The lowest BCUT2D eigenvalue weighted by Crippen LogP contribution is -2.39. The van der Waals surface area contributed by atoms with Crippen molar-refractivity contribution in [3.05, 3.63) is 0 Å². The number of rotatable bonds is 9. The van der Waals surface area contributed by atoms with E-state index in [4.69, 9.17) is 0 Å². The molecule has 0 aromatic rings. The van der Waals surface area contributed by atoms with Gasteiger partial charge >= 0.3 is 0 Å². The van der Waals surface area contributed by atoms with Gasteiger partial charge in [0, 0.05) is 6.42 Å². The molecule has 0 amide bonds. The van der Waals surface area contributed by atoms with Crippen molar-refractivity contribution in [2.24, 2.45) is 0 Å². The molecular formula is C15H33N2+. The van der Waals surface area contributed by atoms with Crippen LogP contribution in [-0.2, 0) is 0 Å². The highest BCUT2D eigenvalue weighted by Gasteiger charge is 2.18. The van der Waals surface area contributed by atoms with E-state index in [0.29, 0.717) is 0 Å². The molecule has 0 rings (SSSR count). The van der Waals surface area contributed by atoms with Crippen molar-refractivity contribution in [2.75, 3.05) is 26.2 Å². The minimum atomic E-state index is 1.17. The lowest BCUT2D eigenvalue weighted by atomic mass is 10.2. The van der Waals surface area contributed by atoms with Gasteiger partial charge in [0.2, 0.25) is 5.84 Å². The second-order valence-corrected chi connectivity index (χ2v) is 4.74. The summed E-state index contributed by atoms with van der Waals surface area (Å²) in [7, 11) is 0. The lowest BCUT2D eigenvalue weighted by molar-refractivity contribution is -0.534. The Bertz CT molecular complexity index is 195. The van der Waals surface area contributed by atoms with E-state index in [1.165, 1.54) is 58.3 Å². The van der Waals surface area contributed by atoms with Crippen LogP contribution in [-0.4, -0.2) is 41.5 Å². The van der Waals surface area contributed by atoms with Gasteiger partial charge in [0.1, 0.15) is 0 Å². The van der Waals surface area contributed by atoms with Gasteiger partial charge in [-0.1, -0.05) is 34.6 Å². The maximum atomic E-state index is 2.60. The second kappa shape index (κ2) is 10.6. The predicted octanol–water partition coefficient (Wildman–Crippen LogP) is 3.75. The van der Waals surface area contributed by atoms with Crippen molar-refractivity contribution in [1.82, 2.24) is 4.90 Å². The molecule has 0 aliphatic heterocycles. The summed E-state index contributed by atoms with van der Waals surface area (Å²) >= 11 is 0. The monoisotopic (exact) mass is 241 g/mol. The zero-order valence-electron chi connectivity index (χ0n) is 12.8.